The average molecular weight is 184 g/mol. The third-order valence-corrected chi connectivity index (χ3v) is 5.35. The summed E-state index contributed by atoms with van der Waals surface area (Å²) in [5.41, 5.74) is 0. The van der Waals surface area contributed by atoms with E-state index in [4.69, 9.17) is 0 Å². The van der Waals surface area contributed by atoms with E-state index < -0.39 is 0 Å². The predicted molar refractivity (Wildman–Crippen MR) is 56.6 cm³/mol. The molecule has 0 aromatic carbocycles. The van der Waals surface area contributed by atoms with Gasteiger partial charge >= 0.3 is 0 Å². The highest BCUT2D eigenvalue weighted by Gasteiger charge is 2.42. The summed E-state index contributed by atoms with van der Waals surface area (Å²) in [5.74, 6) is 3.39. The van der Waals surface area contributed by atoms with Crippen LogP contribution >= 0.6 is 11.8 Å². The lowest BCUT2D eigenvalue weighted by molar-refractivity contribution is 0.225. The number of hydrogen-bond donors (Lipinski definition) is 0. The zero-order chi connectivity index (χ0) is 8.60. The summed E-state index contributed by atoms with van der Waals surface area (Å²) in [6.45, 7) is 4.79. The summed E-state index contributed by atoms with van der Waals surface area (Å²) in [5, 5.41) is 0. The van der Waals surface area contributed by atoms with Gasteiger partial charge in [-0.15, -0.1) is 0 Å². The summed E-state index contributed by atoms with van der Waals surface area (Å²) in [4.78, 5) is 0. The van der Waals surface area contributed by atoms with E-state index in [0.29, 0.717) is 0 Å². The van der Waals surface area contributed by atoms with Gasteiger partial charge in [0.2, 0.25) is 0 Å². The third-order valence-electron chi connectivity index (χ3n) is 3.75. The van der Waals surface area contributed by atoms with Crippen LogP contribution in [0.3, 0.4) is 0 Å². The van der Waals surface area contributed by atoms with Crippen LogP contribution in [-0.4, -0.2) is 10.5 Å². The van der Waals surface area contributed by atoms with E-state index in [1.54, 1.807) is 0 Å². The Hall–Kier alpha value is 0.350. The van der Waals surface area contributed by atoms with Crippen molar-refractivity contribution in [2.75, 3.05) is 5.75 Å². The maximum absolute atomic E-state index is 2.40. The molecule has 1 saturated carbocycles. The summed E-state index contributed by atoms with van der Waals surface area (Å²) in [6.07, 6.45) is 7.55. The van der Waals surface area contributed by atoms with Crippen LogP contribution < -0.4 is 0 Å². The monoisotopic (exact) mass is 184 g/mol. The molecule has 2 atom stereocenters. The molecule has 70 valence electrons. The lowest BCUT2D eigenvalue weighted by atomic mass is 9.74. The first kappa shape index (κ1) is 8.93. The first-order valence-electron chi connectivity index (χ1n) is 5.36. The second kappa shape index (κ2) is 3.25. The van der Waals surface area contributed by atoms with Crippen LogP contribution in [0.4, 0.5) is 0 Å². The van der Waals surface area contributed by atoms with E-state index in [1.807, 2.05) is 0 Å². The van der Waals surface area contributed by atoms with Gasteiger partial charge in [0.25, 0.3) is 0 Å². The Morgan fingerprint density at radius 1 is 1.33 bits per heavy atom. The predicted octanol–water partition coefficient (Wildman–Crippen LogP) is 3.71. The van der Waals surface area contributed by atoms with Crippen molar-refractivity contribution < 1.29 is 0 Å². The van der Waals surface area contributed by atoms with Gasteiger partial charge in [-0.05, 0) is 36.9 Å². The van der Waals surface area contributed by atoms with E-state index in [0.717, 1.165) is 16.6 Å². The molecule has 2 fully saturated rings. The van der Waals surface area contributed by atoms with Crippen LogP contribution in [-0.2, 0) is 0 Å². The summed E-state index contributed by atoms with van der Waals surface area (Å²) >= 11 is 2.25. The molecule has 1 aliphatic heterocycles. The van der Waals surface area contributed by atoms with Crippen LogP contribution in [0.2, 0.25) is 0 Å². The quantitative estimate of drug-likeness (QED) is 0.598. The Bertz CT molecular complexity index is 158. The van der Waals surface area contributed by atoms with Crippen molar-refractivity contribution in [3.05, 3.63) is 0 Å². The second-order valence-corrected chi connectivity index (χ2v) is 6.44. The average Bonchev–Trinajstić information content (AvgIpc) is 2.02. The van der Waals surface area contributed by atoms with Crippen molar-refractivity contribution in [3.8, 4) is 0 Å². The molecular weight excluding hydrogens is 164 g/mol. The van der Waals surface area contributed by atoms with E-state index >= 15 is 0 Å². The SMILES string of the molecule is CC(C)C1CCCC2(CCS2)C1. The van der Waals surface area contributed by atoms with Crippen molar-refractivity contribution in [2.45, 2.75) is 50.7 Å². The molecule has 1 spiro atoms. The molecular formula is C11H20S. The lowest BCUT2D eigenvalue weighted by Crippen LogP contribution is -2.40. The Labute approximate surface area is 80.5 Å². The van der Waals surface area contributed by atoms with Gasteiger partial charge in [-0.3, -0.25) is 0 Å². The molecule has 0 nitrogen and oxygen atoms in total. The highest BCUT2D eigenvalue weighted by Crippen LogP contribution is 2.53. The Morgan fingerprint density at radius 2 is 2.08 bits per heavy atom. The Kier molecular flexibility index (Phi) is 2.42. The van der Waals surface area contributed by atoms with Crippen LogP contribution in [0.5, 0.6) is 0 Å². The van der Waals surface area contributed by atoms with Gasteiger partial charge in [-0.2, -0.15) is 11.8 Å². The van der Waals surface area contributed by atoms with Crippen LogP contribution in [0.25, 0.3) is 0 Å². The fourth-order valence-electron chi connectivity index (χ4n) is 2.69. The molecule has 12 heavy (non-hydrogen) atoms. The van der Waals surface area contributed by atoms with E-state index in [-0.39, 0.29) is 0 Å². The number of thioether (sulfide) groups is 1. The second-order valence-electron chi connectivity index (χ2n) is 4.88. The maximum atomic E-state index is 2.40. The molecule has 2 unspecified atom stereocenters. The van der Waals surface area contributed by atoms with Crippen LogP contribution in [0, 0.1) is 11.8 Å². The van der Waals surface area contributed by atoms with Crippen LogP contribution in [0.1, 0.15) is 46.0 Å². The normalized spacial score (nSPS) is 41.8. The highest BCUT2D eigenvalue weighted by atomic mass is 32.2. The molecule has 2 rings (SSSR count). The molecule has 0 N–H and O–H groups in total. The van der Waals surface area contributed by atoms with Gasteiger partial charge in [0, 0.05) is 4.75 Å². The first-order valence-corrected chi connectivity index (χ1v) is 6.34. The summed E-state index contributed by atoms with van der Waals surface area (Å²) in [6, 6.07) is 0. The molecule has 0 aromatic heterocycles. The van der Waals surface area contributed by atoms with Crippen molar-refractivity contribution in [2.24, 2.45) is 11.8 Å². The third kappa shape index (κ3) is 1.53. The summed E-state index contributed by atoms with van der Waals surface area (Å²) in [7, 11) is 0. The molecule has 2 aliphatic rings. The Balaban J connectivity index is 1.94. The van der Waals surface area contributed by atoms with E-state index in [9.17, 15) is 0 Å². The standard InChI is InChI=1S/C11H20S/c1-9(2)10-4-3-5-11(8-10)6-7-12-11/h9-10H,3-8H2,1-2H3. The fourth-order valence-corrected chi connectivity index (χ4v) is 4.09. The molecule has 1 heterocycles. The Morgan fingerprint density at radius 3 is 2.58 bits per heavy atom. The fraction of sp³-hybridized carbons (Fsp3) is 1.00. The smallest absolute Gasteiger partial charge is 0.0170 e. The number of hydrogen-bond acceptors (Lipinski definition) is 1. The molecule has 0 aromatic rings. The van der Waals surface area contributed by atoms with Gasteiger partial charge in [0.15, 0.2) is 0 Å². The van der Waals surface area contributed by atoms with Crippen molar-refractivity contribution in [1.82, 2.24) is 0 Å². The number of rotatable bonds is 1. The highest BCUT2D eigenvalue weighted by molar-refractivity contribution is 8.02. The maximum Gasteiger partial charge on any atom is 0.0170 e. The largest absolute Gasteiger partial charge is 0.155 e. The van der Waals surface area contributed by atoms with Gasteiger partial charge in [0.05, 0.1) is 0 Å². The van der Waals surface area contributed by atoms with Crippen molar-refractivity contribution >= 4 is 11.8 Å². The molecule has 0 radical (unpaired) electrons. The minimum atomic E-state index is 0.771. The van der Waals surface area contributed by atoms with E-state index in [2.05, 4.69) is 25.6 Å². The molecule has 0 amide bonds. The van der Waals surface area contributed by atoms with Gasteiger partial charge < -0.3 is 0 Å². The van der Waals surface area contributed by atoms with Gasteiger partial charge in [-0.25, -0.2) is 0 Å². The van der Waals surface area contributed by atoms with Crippen molar-refractivity contribution in [3.63, 3.8) is 0 Å². The van der Waals surface area contributed by atoms with Gasteiger partial charge in [-0.1, -0.05) is 26.7 Å². The lowest BCUT2D eigenvalue weighted by Gasteiger charge is -2.48. The molecule has 0 bridgehead atoms. The summed E-state index contributed by atoms with van der Waals surface area (Å²) < 4.78 is 0.771. The first-order chi connectivity index (χ1) is 5.72. The minimum Gasteiger partial charge on any atom is -0.155 e. The zero-order valence-corrected chi connectivity index (χ0v) is 9.12. The van der Waals surface area contributed by atoms with Crippen LogP contribution in [0.15, 0.2) is 0 Å². The topological polar surface area (TPSA) is 0 Å². The minimum absolute atomic E-state index is 0.771. The van der Waals surface area contributed by atoms with E-state index in [1.165, 1.54) is 37.9 Å². The zero-order valence-electron chi connectivity index (χ0n) is 8.31. The van der Waals surface area contributed by atoms with Gasteiger partial charge in [0.1, 0.15) is 0 Å². The molecule has 1 saturated heterocycles. The molecule has 1 heteroatoms. The molecule has 1 aliphatic carbocycles. The van der Waals surface area contributed by atoms with Crippen molar-refractivity contribution in [1.29, 1.82) is 0 Å².